The van der Waals surface area contributed by atoms with Crippen LogP contribution < -0.4 is 15.4 Å². The fourth-order valence-electron chi connectivity index (χ4n) is 3.48. The van der Waals surface area contributed by atoms with Crippen LogP contribution in [-0.4, -0.2) is 78.6 Å². The molecule has 11 heteroatoms. The van der Waals surface area contributed by atoms with E-state index in [1.807, 2.05) is 0 Å². The molecule has 0 aliphatic carbocycles. The first-order chi connectivity index (χ1) is 15.4. The summed E-state index contributed by atoms with van der Waals surface area (Å²) >= 11 is 0. The van der Waals surface area contributed by atoms with Crippen molar-refractivity contribution >= 4 is 29.5 Å². The van der Waals surface area contributed by atoms with E-state index in [-0.39, 0.29) is 68.4 Å². The zero-order valence-electron chi connectivity index (χ0n) is 17.4. The molecule has 1 saturated heterocycles. The number of hydrogen-bond donors (Lipinski definition) is 3. The van der Waals surface area contributed by atoms with E-state index in [9.17, 15) is 24.0 Å². The number of fused-ring (bicyclic) bond motifs is 1. The lowest BCUT2D eigenvalue weighted by Crippen LogP contribution is -2.54. The van der Waals surface area contributed by atoms with Crippen molar-refractivity contribution in [2.75, 3.05) is 33.0 Å². The summed E-state index contributed by atoms with van der Waals surface area (Å²) in [6, 6.07) is 3.53. The van der Waals surface area contributed by atoms with Crippen LogP contribution in [0, 0.1) is 0 Å². The minimum Gasteiger partial charge on any atom is -0.491 e. The van der Waals surface area contributed by atoms with Crippen LogP contribution in [0.3, 0.4) is 0 Å². The summed E-state index contributed by atoms with van der Waals surface area (Å²) < 4.78 is 10.8. The average Bonchev–Trinajstić information content (AvgIpc) is 3.02. The molecule has 0 spiro atoms. The average molecular weight is 447 g/mol. The molecule has 11 nitrogen and oxygen atoms in total. The number of ether oxygens (including phenoxy) is 2. The van der Waals surface area contributed by atoms with Crippen molar-refractivity contribution in [1.82, 2.24) is 15.5 Å². The molecule has 3 rings (SSSR count). The van der Waals surface area contributed by atoms with Crippen molar-refractivity contribution in [2.24, 2.45) is 0 Å². The Hall–Kier alpha value is -3.31. The maximum Gasteiger partial charge on any atom is 0.266 e. The summed E-state index contributed by atoms with van der Waals surface area (Å²) in [5, 5.41) is 13.5. The van der Waals surface area contributed by atoms with E-state index in [0.29, 0.717) is 13.0 Å². The molecule has 5 amide bonds. The third kappa shape index (κ3) is 5.29. The SMILES string of the molecule is O=C(CCOCCCO)NCCOc1cccc2c1C(=O)N(C1CCC(=O)NC1=O)C2=O. The first-order valence-corrected chi connectivity index (χ1v) is 10.4. The van der Waals surface area contributed by atoms with Crippen LogP contribution in [0.15, 0.2) is 18.2 Å². The van der Waals surface area contributed by atoms with Crippen LogP contribution in [-0.2, 0) is 19.1 Å². The molecule has 0 aromatic heterocycles. The van der Waals surface area contributed by atoms with Gasteiger partial charge in [0.15, 0.2) is 0 Å². The molecule has 172 valence electrons. The van der Waals surface area contributed by atoms with E-state index >= 15 is 0 Å². The number of imide groups is 2. The Kier molecular flexibility index (Phi) is 7.90. The minimum atomic E-state index is -1.05. The van der Waals surface area contributed by atoms with Crippen molar-refractivity contribution in [1.29, 1.82) is 0 Å². The van der Waals surface area contributed by atoms with Gasteiger partial charge in [-0.15, -0.1) is 0 Å². The Bertz CT molecular complexity index is 916. The first-order valence-electron chi connectivity index (χ1n) is 10.4. The van der Waals surface area contributed by atoms with Crippen molar-refractivity contribution in [3.63, 3.8) is 0 Å². The molecule has 2 aliphatic heterocycles. The number of rotatable bonds is 11. The Balaban J connectivity index is 1.54. The van der Waals surface area contributed by atoms with Crippen LogP contribution in [0.25, 0.3) is 0 Å². The Morgan fingerprint density at radius 1 is 1.16 bits per heavy atom. The summed E-state index contributed by atoms with van der Waals surface area (Å²) in [6.07, 6.45) is 0.792. The largest absolute Gasteiger partial charge is 0.491 e. The number of hydrogen-bond acceptors (Lipinski definition) is 8. The highest BCUT2D eigenvalue weighted by atomic mass is 16.5. The fourth-order valence-corrected chi connectivity index (χ4v) is 3.48. The van der Waals surface area contributed by atoms with Gasteiger partial charge in [-0.05, 0) is 25.0 Å². The zero-order valence-corrected chi connectivity index (χ0v) is 17.4. The highest BCUT2D eigenvalue weighted by Crippen LogP contribution is 2.33. The second kappa shape index (κ2) is 10.8. The molecule has 0 radical (unpaired) electrons. The summed E-state index contributed by atoms with van der Waals surface area (Å²) in [7, 11) is 0. The number of carbonyl (C=O) groups excluding carboxylic acids is 5. The normalized spacial score (nSPS) is 17.9. The lowest BCUT2D eigenvalue weighted by molar-refractivity contribution is -0.136. The van der Waals surface area contributed by atoms with Gasteiger partial charge in [0.2, 0.25) is 17.7 Å². The van der Waals surface area contributed by atoms with Gasteiger partial charge in [0, 0.05) is 26.1 Å². The number of benzene rings is 1. The standard InChI is InChI=1S/C21H25N3O8/c25-9-2-10-31-11-7-16(26)22-8-12-32-15-4-1-3-13-18(15)21(30)24(20(13)29)14-5-6-17(27)23-19(14)28/h1,3-4,14,25H,2,5-12H2,(H,22,26)(H,23,27,28). The molecule has 0 saturated carbocycles. The molecular weight excluding hydrogens is 422 g/mol. The number of aliphatic hydroxyl groups is 1. The summed E-state index contributed by atoms with van der Waals surface area (Å²) in [6.45, 7) is 0.901. The topological polar surface area (TPSA) is 151 Å². The summed E-state index contributed by atoms with van der Waals surface area (Å²) in [5.74, 6) is -2.44. The van der Waals surface area contributed by atoms with Crippen molar-refractivity contribution in [2.45, 2.75) is 31.7 Å². The molecule has 0 bridgehead atoms. The third-order valence-electron chi connectivity index (χ3n) is 5.03. The maximum atomic E-state index is 12.9. The molecule has 2 heterocycles. The first kappa shape index (κ1) is 23.4. The predicted octanol–water partition coefficient (Wildman–Crippen LogP) is -0.628. The van der Waals surface area contributed by atoms with Gasteiger partial charge in [0.25, 0.3) is 11.8 Å². The van der Waals surface area contributed by atoms with Crippen LogP contribution in [0.4, 0.5) is 0 Å². The Morgan fingerprint density at radius 2 is 1.97 bits per heavy atom. The van der Waals surface area contributed by atoms with Crippen LogP contribution >= 0.6 is 0 Å². The van der Waals surface area contributed by atoms with Gasteiger partial charge in [-0.1, -0.05) is 6.07 Å². The monoisotopic (exact) mass is 447 g/mol. The zero-order chi connectivity index (χ0) is 23.1. The van der Waals surface area contributed by atoms with Crippen LogP contribution in [0.5, 0.6) is 5.75 Å². The predicted molar refractivity (Wildman–Crippen MR) is 109 cm³/mol. The van der Waals surface area contributed by atoms with Crippen molar-refractivity contribution in [3.8, 4) is 5.75 Å². The highest BCUT2D eigenvalue weighted by molar-refractivity contribution is 6.24. The van der Waals surface area contributed by atoms with Gasteiger partial charge in [0.1, 0.15) is 18.4 Å². The smallest absolute Gasteiger partial charge is 0.266 e. The summed E-state index contributed by atoms with van der Waals surface area (Å²) in [4.78, 5) is 61.9. The van der Waals surface area contributed by atoms with Gasteiger partial charge in [-0.3, -0.25) is 34.2 Å². The lowest BCUT2D eigenvalue weighted by atomic mass is 10.0. The van der Waals surface area contributed by atoms with E-state index in [1.165, 1.54) is 12.1 Å². The number of piperidine rings is 1. The molecule has 3 N–H and O–H groups in total. The van der Waals surface area contributed by atoms with Crippen LogP contribution in [0.1, 0.15) is 46.4 Å². The lowest BCUT2D eigenvalue weighted by Gasteiger charge is -2.27. The summed E-state index contributed by atoms with van der Waals surface area (Å²) in [5.41, 5.74) is 0.187. The quantitative estimate of drug-likeness (QED) is 0.300. The number of aliphatic hydroxyl groups excluding tert-OH is 1. The molecular formula is C21H25N3O8. The molecule has 1 aromatic rings. The fraction of sp³-hybridized carbons (Fsp3) is 0.476. The number of amides is 5. The Labute approximate surface area is 184 Å². The number of nitrogens with zero attached hydrogens (tertiary/aromatic N) is 1. The van der Waals surface area contributed by atoms with Gasteiger partial charge >= 0.3 is 0 Å². The Morgan fingerprint density at radius 3 is 2.72 bits per heavy atom. The van der Waals surface area contributed by atoms with E-state index in [2.05, 4.69) is 10.6 Å². The number of nitrogens with one attached hydrogen (secondary N) is 2. The van der Waals surface area contributed by atoms with Gasteiger partial charge in [-0.25, -0.2) is 0 Å². The van der Waals surface area contributed by atoms with Crippen molar-refractivity contribution in [3.05, 3.63) is 29.3 Å². The van der Waals surface area contributed by atoms with E-state index in [1.54, 1.807) is 6.07 Å². The van der Waals surface area contributed by atoms with E-state index in [4.69, 9.17) is 14.6 Å². The molecule has 1 unspecified atom stereocenters. The highest BCUT2D eigenvalue weighted by Gasteiger charge is 2.45. The second-order valence-electron chi connectivity index (χ2n) is 7.26. The van der Waals surface area contributed by atoms with Gasteiger partial charge < -0.3 is 19.9 Å². The van der Waals surface area contributed by atoms with Gasteiger partial charge in [0.05, 0.1) is 24.3 Å². The van der Waals surface area contributed by atoms with Gasteiger partial charge in [-0.2, -0.15) is 0 Å². The molecule has 1 aromatic carbocycles. The van der Waals surface area contributed by atoms with Crippen molar-refractivity contribution < 1.29 is 38.6 Å². The van der Waals surface area contributed by atoms with E-state index in [0.717, 1.165) is 4.90 Å². The third-order valence-corrected chi connectivity index (χ3v) is 5.03. The molecule has 32 heavy (non-hydrogen) atoms. The van der Waals surface area contributed by atoms with Crippen LogP contribution in [0.2, 0.25) is 0 Å². The van der Waals surface area contributed by atoms with E-state index < -0.39 is 29.7 Å². The molecule has 1 fully saturated rings. The second-order valence-corrected chi connectivity index (χ2v) is 7.26. The molecule has 2 aliphatic rings. The number of carbonyl (C=O) groups is 5. The minimum absolute atomic E-state index is 0.0338. The molecule has 1 atom stereocenters. The maximum absolute atomic E-state index is 12.9.